The SMILES string of the molecule is CCc1cc(Br)ccc1NS(=O)(=O)c1ccn[nH]1. The molecule has 0 fully saturated rings. The molecular formula is C11H12BrN3O2S. The normalized spacial score (nSPS) is 11.4. The molecule has 2 N–H and O–H groups in total. The standard InChI is InChI=1S/C11H12BrN3O2S/c1-2-8-7-9(12)3-4-10(8)15-18(16,17)11-5-6-13-14-11/h3-7,15H,2H2,1H3,(H,13,14). The lowest BCUT2D eigenvalue weighted by Crippen LogP contribution is -2.14. The molecule has 0 amide bonds. The van der Waals surface area contributed by atoms with Crippen molar-refractivity contribution in [2.24, 2.45) is 0 Å². The third-order valence-electron chi connectivity index (χ3n) is 2.46. The third-order valence-corrected chi connectivity index (χ3v) is 4.25. The number of aromatic amines is 1. The zero-order chi connectivity index (χ0) is 13.2. The van der Waals surface area contributed by atoms with E-state index in [0.717, 1.165) is 16.5 Å². The molecule has 0 aliphatic carbocycles. The van der Waals surface area contributed by atoms with Crippen LogP contribution >= 0.6 is 15.9 Å². The van der Waals surface area contributed by atoms with Gasteiger partial charge in [0.05, 0.1) is 11.9 Å². The smallest absolute Gasteiger partial charge is 0.278 e. The van der Waals surface area contributed by atoms with Crippen molar-refractivity contribution in [1.82, 2.24) is 10.2 Å². The summed E-state index contributed by atoms with van der Waals surface area (Å²) in [5.74, 6) is 0. The van der Waals surface area contributed by atoms with E-state index in [-0.39, 0.29) is 5.03 Å². The van der Waals surface area contributed by atoms with Gasteiger partial charge < -0.3 is 0 Å². The Morgan fingerprint density at radius 1 is 1.39 bits per heavy atom. The van der Waals surface area contributed by atoms with Crippen LogP contribution in [-0.2, 0) is 16.4 Å². The van der Waals surface area contributed by atoms with Crippen molar-refractivity contribution in [3.05, 3.63) is 40.5 Å². The molecule has 0 bridgehead atoms. The Labute approximate surface area is 114 Å². The first kappa shape index (κ1) is 13.1. The highest BCUT2D eigenvalue weighted by Gasteiger charge is 2.16. The zero-order valence-electron chi connectivity index (χ0n) is 9.64. The summed E-state index contributed by atoms with van der Waals surface area (Å²) >= 11 is 3.36. The van der Waals surface area contributed by atoms with Crippen LogP contribution in [0.5, 0.6) is 0 Å². The van der Waals surface area contributed by atoms with Crippen molar-refractivity contribution in [3.63, 3.8) is 0 Å². The van der Waals surface area contributed by atoms with E-state index in [4.69, 9.17) is 0 Å². The molecule has 1 heterocycles. The molecule has 1 aromatic heterocycles. The van der Waals surface area contributed by atoms with Crippen molar-refractivity contribution in [1.29, 1.82) is 0 Å². The summed E-state index contributed by atoms with van der Waals surface area (Å²) in [5.41, 5.74) is 1.50. The summed E-state index contributed by atoms with van der Waals surface area (Å²) in [4.78, 5) is 0. The van der Waals surface area contributed by atoms with Gasteiger partial charge >= 0.3 is 0 Å². The molecule has 0 spiro atoms. The number of aryl methyl sites for hydroxylation is 1. The number of aromatic nitrogens is 2. The van der Waals surface area contributed by atoms with Crippen molar-refractivity contribution in [2.75, 3.05) is 4.72 Å². The van der Waals surface area contributed by atoms with Crippen LogP contribution in [0.4, 0.5) is 5.69 Å². The maximum atomic E-state index is 12.0. The van der Waals surface area contributed by atoms with E-state index in [1.807, 2.05) is 13.0 Å². The lowest BCUT2D eigenvalue weighted by Gasteiger charge is -2.10. The van der Waals surface area contributed by atoms with E-state index in [1.54, 1.807) is 12.1 Å². The molecule has 96 valence electrons. The minimum Gasteiger partial charge on any atom is -0.278 e. The van der Waals surface area contributed by atoms with Crippen LogP contribution in [0.2, 0.25) is 0 Å². The van der Waals surface area contributed by atoms with E-state index in [1.165, 1.54) is 12.3 Å². The number of halogens is 1. The van der Waals surface area contributed by atoms with Crippen LogP contribution in [0.1, 0.15) is 12.5 Å². The van der Waals surface area contributed by atoms with Crippen LogP contribution in [0.15, 0.2) is 40.0 Å². The second-order valence-corrected chi connectivity index (χ2v) is 6.25. The Morgan fingerprint density at radius 2 is 2.17 bits per heavy atom. The summed E-state index contributed by atoms with van der Waals surface area (Å²) < 4.78 is 27.5. The minimum absolute atomic E-state index is 0.0486. The monoisotopic (exact) mass is 329 g/mol. The summed E-state index contributed by atoms with van der Waals surface area (Å²) in [5, 5.41) is 6.12. The Bertz CT molecular complexity index is 638. The van der Waals surface area contributed by atoms with E-state index in [9.17, 15) is 8.42 Å². The van der Waals surface area contributed by atoms with Crippen molar-refractivity contribution < 1.29 is 8.42 Å². The predicted octanol–water partition coefficient (Wildman–Crippen LogP) is 2.54. The number of nitrogens with one attached hydrogen (secondary N) is 2. The molecule has 1 aromatic carbocycles. The minimum atomic E-state index is -3.60. The first-order valence-corrected chi connectivity index (χ1v) is 7.61. The number of hydrogen-bond acceptors (Lipinski definition) is 3. The third kappa shape index (κ3) is 2.73. The highest BCUT2D eigenvalue weighted by Crippen LogP contribution is 2.23. The number of anilines is 1. The number of hydrogen-bond donors (Lipinski definition) is 2. The van der Waals surface area contributed by atoms with Gasteiger partial charge in [0, 0.05) is 4.47 Å². The second-order valence-electron chi connectivity index (χ2n) is 3.68. The molecule has 0 radical (unpaired) electrons. The van der Waals surface area contributed by atoms with Crippen LogP contribution in [0.3, 0.4) is 0 Å². The Hall–Kier alpha value is -1.34. The fourth-order valence-electron chi connectivity index (χ4n) is 1.55. The molecule has 0 aliphatic heterocycles. The van der Waals surface area contributed by atoms with Gasteiger partial charge in [0.15, 0.2) is 5.03 Å². The van der Waals surface area contributed by atoms with E-state index in [2.05, 4.69) is 30.8 Å². The average molecular weight is 330 g/mol. The molecule has 2 aromatic rings. The van der Waals surface area contributed by atoms with Gasteiger partial charge in [-0.25, -0.2) is 0 Å². The quantitative estimate of drug-likeness (QED) is 0.905. The molecule has 0 unspecified atom stereocenters. The maximum Gasteiger partial charge on any atom is 0.278 e. The molecule has 0 saturated carbocycles. The number of sulfonamides is 1. The summed E-state index contributed by atoms with van der Waals surface area (Å²) in [6.07, 6.45) is 2.14. The van der Waals surface area contributed by atoms with Crippen LogP contribution in [-0.4, -0.2) is 18.6 Å². The highest BCUT2D eigenvalue weighted by atomic mass is 79.9. The average Bonchev–Trinajstić information content (AvgIpc) is 2.85. The number of rotatable bonds is 4. The number of H-pyrrole nitrogens is 1. The van der Waals surface area contributed by atoms with Gasteiger partial charge in [-0.15, -0.1) is 0 Å². The summed E-state index contributed by atoms with van der Waals surface area (Å²) in [6, 6.07) is 6.83. The van der Waals surface area contributed by atoms with Gasteiger partial charge in [0.2, 0.25) is 0 Å². The Balaban J connectivity index is 2.35. The zero-order valence-corrected chi connectivity index (χ0v) is 12.0. The first-order valence-electron chi connectivity index (χ1n) is 5.33. The van der Waals surface area contributed by atoms with Gasteiger partial charge in [-0.3, -0.25) is 9.82 Å². The first-order chi connectivity index (χ1) is 8.53. The molecule has 0 saturated heterocycles. The van der Waals surface area contributed by atoms with Crippen molar-refractivity contribution in [3.8, 4) is 0 Å². The lowest BCUT2D eigenvalue weighted by molar-refractivity contribution is 0.597. The largest absolute Gasteiger partial charge is 0.278 e. The molecule has 18 heavy (non-hydrogen) atoms. The molecule has 5 nitrogen and oxygen atoms in total. The van der Waals surface area contributed by atoms with Crippen molar-refractivity contribution >= 4 is 31.6 Å². The van der Waals surface area contributed by atoms with Gasteiger partial charge in [-0.2, -0.15) is 13.5 Å². The highest BCUT2D eigenvalue weighted by molar-refractivity contribution is 9.10. The fourth-order valence-corrected chi connectivity index (χ4v) is 2.97. The van der Waals surface area contributed by atoms with Crippen LogP contribution in [0.25, 0.3) is 0 Å². The summed E-state index contributed by atoms with van der Waals surface area (Å²) in [6.45, 7) is 1.97. The number of benzene rings is 1. The fraction of sp³-hybridized carbons (Fsp3) is 0.182. The van der Waals surface area contributed by atoms with Gasteiger partial charge in [-0.05, 0) is 36.2 Å². The Kier molecular flexibility index (Phi) is 3.72. The Morgan fingerprint density at radius 3 is 2.78 bits per heavy atom. The van der Waals surface area contributed by atoms with E-state index < -0.39 is 10.0 Å². The maximum absolute atomic E-state index is 12.0. The molecule has 7 heteroatoms. The predicted molar refractivity (Wildman–Crippen MR) is 72.9 cm³/mol. The second kappa shape index (κ2) is 5.11. The summed E-state index contributed by atoms with van der Waals surface area (Å²) in [7, 11) is -3.60. The van der Waals surface area contributed by atoms with E-state index in [0.29, 0.717) is 5.69 Å². The van der Waals surface area contributed by atoms with Gasteiger partial charge in [-0.1, -0.05) is 22.9 Å². The molecule has 0 aliphatic rings. The number of nitrogens with zero attached hydrogens (tertiary/aromatic N) is 1. The van der Waals surface area contributed by atoms with Crippen LogP contribution in [0, 0.1) is 0 Å². The molecule has 2 rings (SSSR count). The molecule has 0 atom stereocenters. The van der Waals surface area contributed by atoms with E-state index >= 15 is 0 Å². The lowest BCUT2D eigenvalue weighted by atomic mass is 10.1. The van der Waals surface area contributed by atoms with Gasteiger partial charge in [0.25, 0.3) is 10.0 Å². The van der Waals surface area contributed by atoms with Gasteiger partial charge in [0.1, 0.15) is 0 Å². The topological polar surface area (TPSA) is 74.8 Å². The van der Waals surface area contributed by atoms with Crippen molar-refractivity contribution in [2.45, 2.75) is 18.4 Å². The molecular weight excluding hydrogens is 318 g/mol. The van der Waals surface area contributed by atoms with Crippen LogP contribution < -0.4 is 4.72 Å².